The van der Waals surface area contributed by atoms with E-state index in [-0.39, 0.29) is 5.57 Å². The number of nitrogens with one attached hydrogen (secondary N) is 1. The Kier molecular flexibility index (Phi) is 7.26. The second kappa shape index (κ2) is 10.3. The van der Waals surface area contributed by atoms with E-state index in [1.165, 1.54) is 0 Å². The van der Waals surface area contributed by atoms with E-state index in [0.29, 0.717) is 18.7 Å². The van der Waals surface area contributed by atoms with Crippen LogP contribution in [-0.4, -0.2) is 12.5 Å². The summed E-state index contributed by atoms with van der Waals surface area (Å²) >= 11 is 6.22. The average molecular weight is 417 g/mol. The highest BCUT2D eigenvalue weighted by atomic mass is 35.5. The molecule has 30 heavy (non-hydrogen) atoms. The number of rotatable bonds is 7. The van der Waals surface area contributed by atoms with Crippen LogP contribution < -0.4 is 10.1 Å². The van der Waals surface area contributed by atoms with E-state index >= 15 is 0 Å². The van der Waals surface area contributed by atoms with Crippen molar-refractivity contribution in [3.05, 3.63) is 100 Å². The van der Waals surface area contributed by atoms with Gasteiger partial charge in [0.2, 0.25) is 0 Å². The highest BCUT2D eigenvalue weighted by Crippen LogP contribution is 2.20. The molecule has 0 radical (unpaired) electrons. The number of amides is 1. The van der Waals surface area contributed by atoms with Crippen LogP contribution in [0.1, 0.15) is 23.6 Å². The lowest BCUT2D eigenvalue weighted by molar-refractivity contribution is -0.112. The molecule has 0 saturated carbocycles. The zero-order valence-electron chi connectivity index (χ0n) is 16.6. The van der Waals surface area contributed by atoms with Gasteiger partial charge in [-0.15, -0.1) is 0 Å². The monoisotopic (exact) mass is 416 g/mol. The summed E-state index contributed by atoms with van der Waals surface area (Å²) < 4.78 is 5.38. The summed E-state index contributed by atoms with van der Waals surface area (Å²) in [6, 6.07) is 24.4. The van der Waals surface area contributed by atoms with Crippen molar-refractivity contribution in [3.8, 4) is 11.8 Å². The van der Waals surface area contributed by atoms with Crippen molar-refractivity contribution in [1.29, 1.82) is 5.26 Å². The third kappa shape index (κ3) is 5.73. The van der Waals surface area contributed by atoms with Gasteiger partial charge in [-0.25, -0.2) is 0 Å². The highest BCUT2D eigenvalue weighted by Gasteiger charge is 2.10. The Balaban J connectivity index is 1.68. The summed E-state index contributed by atoms with van der Waals surface area (Å²) in [7, 11) is 0. The molecule has 0 spiro atoms. The molecule has 1 N–H and O–H groups in total. The SMILES string of the molecule is CCOc1ccc(NC(=O)/C(C#N)=C/c2ccc(Cc3ccccc3Cl)cc2)cc1. The third-order valence-electron chi connectivity index (χ3n) is 4.43. The molecule has 0 bridgehead atoms. The third-order valence-corrected chi connectivity index (χ3v) is 4.80. The number of carbonyl (C=O) groups is 1. The molecule has 0 aliphatic heterocycles. The Morgan fingerprint density at radius 1 is 1.07 bits per heavy atom. The Bertz CT molecular complexity index is 1080. The number of nitrogens with zero attached hydrogens (tertiary/aromatic N) is 1. The zero-order valence-corrected chi connectivity index (χ0v) is 17.3. The predicted molar refractivity (Wildman–Crippen MR) is 121 cm³/mol. The molecule has 0 unspecified atom stereocenters. The Morgan fingerprint density at radius 3 is 2.40 bits per heavy atom. The fourth-order valence-electron chi connectivity index (χ4n) is 2.91. The van der Waals surface area contributed by atoms with E-state index in [4.69, 9.17) is 16.3 Å². The topological polar surface area (TPSA) is 62.1 Å². The van der Waals surface area contributed by atoms with Crippen LogP contribution in [0.15, 0.2) is 78.4 Å². The Morgan fingerprint density at radius 2 is 1.77 bits per heavy atom. The molecule has 150 valence electrons. The normalized spacial score (nSPS) is 10.9. The van der Waals surface area contributed by atoms with Gasteiger partial charge in [0.05, 0.1) is 6.61 Å². The maximum atomic E-state index is 12.5. The van der Waals surface area contributed by atoms with Gasteiger partial charge in [-0.2, -0.15) is 5.26 Å². The fraction of sp³-hybridized carbons (Fsp3) is 0.120. The van der Waals surface area contributed by atoms with Crippen molar-refractivity contribution >= 4 is 29.3 Å². The van der Waals surface area contributed by atoms with E-state index < -0.39 is 5.91 Å². The number of nitriles is 1. The first-order valence-corrected chi connectivity index (χ1v) is 9.95. The van der Waals surface area contributed by atoms with Gasteiger partial charge in [0.15, 0.2) is 0 Å². The van der Waals surface area contributed by atoms with Crippen LogP contribution in [0.2, 0.25) is 5.02 Å². The Labute approximate surface area is 181 Å². The van der Waals surface area contributed by atoms with Gasteiger partial charge in [0, 0.05) is 10.7 Å². The van der Waals surface area contributed by atoms with Gasteiger partial charge in [-0.1, -0.05) is 54.1 Å². The van der Waals surface area contributed by atoms with Crippen LogP contribution in [0.5, 0.6) is 5.75 Å². The standard InChI is InChI=1S/C25H21ClN2O2/c1-2-30-23-13-11-22(12-14-23)28-25(29)21(17-27)16-19-9-7-18(8-10-19)15-20-5-3-4-6-24(20)26/h3-14,16H,2,15H2,1H3,(H,28,29)/b21-16+. The van der Waals surface area contributed by atoms with Gasteiger partial charge in [-0.3, -0.25) is 4.79 Å². The van der Waals surface area contributed by atoms with Gasteiger partial charge in [0.1, 0.15) is 17.4 Å². The van der Waals surface area contributed by atoms with Gasteiger partial charge in [-0.05, 0) is 66.4 Å². The minimum absolute atomic E-state index is 0.0303. The lowest BCUT2D eigenvalue weighted by atomic mass is 10.0. The first kappa shape index (κ1) is 21.2. The highest BCUT2D eigenvalue weighted by molar-refractivity contribution is 6.31. The van der Waals surface area contributed by atoms with E-state index in [0.717, 1.165) is 27.5 Å². The molecule has 3 rings (SSSR count). The molecule has 3 aromatic carbocycles. The maximum absolute atomic E-state index is 12.5. The van der Waals surface area contributed by atoms with Crippen molar-refractivity contribution in [2.75, 3.05) is 11.9 Å². The smallest absolute Gasteiger partial charge is 0.266 e. The van der Waals surface area contributed by atoms with Crippen molar-refractivity contribution in [3.63, 3.8) is 0 Å². The fourth-order valence-corrected chi connectivity index (χ4v) is 3.11. The molecule has 0 atom stereocenters. The molecule has 5 heteroatoms. The number of hydrogen-bond acceptors (Lipinski definition) is 3. The van der Waals surface area contributed by atoms with Gasteiger partial charge < -0.3 is 10.1 Å². The van der Waals surface area contributed by atoms with Crippen molar-refractivity contribution in [1.82, 2.24) is 0 Å². The van der Waals surface area contributed by atoms with Crippen LogP contribution in [0.25, 0.3) is 6.08 Å². The molecule has 0 aliphatic carbocycles. The molecular formula is C25H21ClN2O2. The number of hydrogen-bond donors (Lipinski definition) is 1. The second-order valence-electron chi connectivity index (χ2n) is 6.59. The lowest BCUT2D eigenvalue weighted by Crippen LogP contribution is -2.13. The van der Waals surface area contributed by atoms with E-state index in [1.807, 2.05) is 61.5 Å². The molecule has 0 heterocycles. The number of benzene rings is 3. The molecule has 0 fully saturated rings. The summed E-state index contributed by atoms with van der Waals surface area (Å²) in [4.78, 5) is 12.5. The zero-order chi connectivity index (χ0) is 21.3. The van der Waals surface area contributed by atoms with Crippen LogP contribution in [0, 0.1) is 11.3 Å². The molecule has 0 saturated heterocycles. The predicted octanol–water partition coefficient (Wildman–Crippen LogP) is 5.88. The van der Waals surface area contributed by atoms with Crippen molar-refractivity contribution in [2.24, 2.45) is 0 Å². The molecule has 0 aromatic heterocycles. The van der Waals surface area contributed by atoms with E-state index in [2.05, 4.69) is 5.32 Å². The van der Waals surface area contributed by atoms with Crippen LogP contribution in [0.4, 0.5) is 5.69 Å². The van der Waals surface area contributed by atoms with Crippen molar-refractivity contribution < 1.29 is 9.53 Å². The first-order chi connectivity index (χ1) is 14.6. The minimum atomic E-state index is -0.457. The van der Waals surface area contributed by atoms with Crippen molar-refractivity contribution in [2.45, 2.75) is 13.3 Å². The number of anilines is 1. The molecule has 0 aliphatic rings. The van der Waals surface area contributed by atoms with Crippen LogP contribution >= 0.6 is 11.6 Å². The molecular weight excluding hydrogens is 396 g/mol. The molecule has 3 aromatic rings. The lowest BCUT2D eigenvalue weighted by Gasteiger charge is -2.07. The second-order valence-corrected chi connectivity index (χ2v) is 7.00. The van der Waals surface area contributed by atoms with E-state index in [9.17, 15) is 10.1 Å². The number of carbonyl (C=O) groups excluding carboxylic acids is 1. The first-order valence-electron chi connectivity index (χ1n) is 9.57. The average Bonchev–Trinajstić information content (AvgIpc) is 2.76. The molecule has 4 nitrogen and oxygen atoms in total. The number of halogens is 1. The maximum Gasteiger partial charge on any atom is 0.266 e. The largest absolute Gasteiger partial charge is 0.494 e. The molecule has 1 amide bonds. The summed E-state index contributed by atoms with van der Waals surface area (Å²) in [5, 5.41) is 12.9. The number of ether oxygens (including phenoxy) is 1. The van der Waals surface area contributed by atoms with Gasteiger partial charge >= 0.3 is 0 Å². The summed E-state index contributed by atoms with van der Waals surface area (Å²) in [5.74, 6) is 0.269. The quantitative estimate of drug-likeness (QED) is 0.386. The van der Waals surface area contributed by atoms with Crippen LogP contribution in [-0.2, 0) is 11.2 Å². The summed E-state index contributed by atoms with van der Waals surface area (Å²) in [6.07, 6.45) is 2.29. The summed E-state index contributed by atoms with van der Waals surface area (Å²) in [5.41, 5.74) is 3.55. The summed E-state index contributed by atoms with van der Waals surface area (Å²) in [6.45, 7) is 2.48. The van der Waals surface area contributed by atoms with Crippen LogP contribution in [0.3, 0.4) is 0 Å². The van der Waals surface area contributed by atoms with E-state index in [1.54, 1.807) is 30.3 Å². The Hall–Kier alpha value is -3.55. The minimum Gasteiger partial charge on any atom is -0.494 e. The van der Waals surface area contributed by atoms with Gasteiger partial charge in [0.25, 0.3) is 5.91 Å².